The second-order valence-corrected chi connectivity index (χ2v) is 1.80. The summed E-state index contributed by atoms with van der Waals surface area (Å²) >= 11 is 4.64. The van der Waals surface area contributed by atoms with E-state index in [0.29, 0.717) is 0 Å². The second kappa shape index (κ2) is 5.38. The summed E-state index contributed by atoms with van der Waals surface area (Å²) in [7, 11) is 0. The fourth-order valence-electron chi connectivity index (χ4n) is 0.227. The molecule has 0 aliphatic rings. The summed E-state index contributed by atoms with van der Waals surface area (Å²) in [6.45, 7) is 1.29. The van der Waals surface area contributed by atoms with Crippen LogP contribution < -0.4 is 0 Å². The molecule has 0 N–H and O–H groups in total. The summed E-state index contributed by atoms with van der Waals surface area (Å²) in [6, 6.07) is 3.67. The van der Waals surface area contributed by atoms with E-state index in [0.717, 1.165) is 0 Å². The highest BCUT2D eigenvalue weighted by molar-refractivity contribution is 6.62. The van der Waals surface area contributed by atoms with Gasteiger partial charge in [-0.15, -0.1) is 0 Å². The Morgan fingerprint density at radius 1 is 1.44 bits per heavy atom. The monoisotopic (exact) mass is 146 g/mol. The molecule has 0 bridgehead atoms. The lowest BCUT2D eigenvalue weighted by Gasteiger charge is -1.52. The second-order valence-electron chi connectivity index (χ2n) is 1.26. The molecule has 1 heterocycles. The van der Waals surface area contributed by atoms with Gasteiger partial charge in [-0.25, -0.2) is 0 Å². The molecule has 0 spiro atoms. The Morgan fingerprint density at radius 2 is 1.78 bits per heavy atom. The van der Waals surface area contributed by atoms with Crippen molar-refractivity contribution < 1.29 is 9.21 Å². The zero-order valence-corrected chi connectivity index (χ0v) is 5.76. The first-order valence-corrected chi connectivity index (χ1v) is 2.74. The summed E-state index contributed by atoms with van der Waals surface area (Å²) in [6.07, 6.45) is 3.25. The van der Waals surface area contributed by atoms with Gasteiger partial charge in [-0.3, -0.25) is 4.79 Å². The highest BCUT2D eigenvalue weighted by atomic mass is 35.5. The molecule has 0 aliphatic carbocycles. The Kier molecular flexibility index (Phi) is 4.92. The largest absolute Gasteiger partial charge is 0.473 e. The van der Waals surface area contributed by atoms with Crippen LogP contribution in [0.2, 0.25) is 0 Å². The van der Waals surface area contributed by atoms with Crippen LogP contribution in [0.3, 0.4) is 0 Å². The molecule has 0 atom stereocenters. The zero-order chi connectivity index (χ0) is 7.11. The van der Waals surface area contributed by atoms with Crippen LogP contribution in [-0.2, 0) is 4.79 Å². The predicted octanol–water partition coefficient (Wildman–Crippen LogP) is 2.05. The van der Waals surface area contributed by atoms with E-state index in [9.17, 15) is 4.79 Å². The highest BCUT2D eigenvalue weighted by Crippen LogP contribution is 1.79. The summed E-state index contributed by atoms with van der Waals surface area (Å²) in [5.41, 5.74) is 0. The Bertz CT molecular complexity index is 125. The molecular weight excluding hydrogens is 140 g/mol. The van der Waals surface area contributed by atoms with Crippen LogP contribution in [0.1, 0.15) is 6.92 Å². The smallest absolute Gasteiger partial charge is 0.218 e. The van der Waals surface area contributed by atoms with E-state index in [4.69, 9.17) is 0 Å². The van der Waals surface area contributed by atoms with Gasteiger partial charge in [0.25, 0.3) is 0 Å². The van der Waals surface area contributed by atoms with Crippen molar-refractivity contribution in [3.8, 4) is 0 Å². The lowest BCUT2D eigenvalue weighted by atomic mass is 10.7. The zero-order valence-electron chi connectivity index (χ0n) is 5.00. The first-order chi connectivity index (χ1) is 4.23. The lowest BCUT2D eigenvalue weighted by Crippen LogP contribution is -1.62. The van der Waals surface area contributed by atoms with E-state index < -0.39 is 0 Å². The molecule has 0 unspecified atom stereocenters. The van der Waals surface area contributed by atoms with Crippen molar-refractivity contribution >= 4 is 16.8 Å². The summed E-state index contributed by atoms with van der Waals surface area (Å²) in [5, 5.41) is -0.361. The van der Waals surface area contributed by atoms with Crippen LogP contribution in [0, 0.1) is 0 Å². The van der Waals surface area contributed by atoms with Gasteiger partial charge in [-0.1, -0.05) is 0 Å². The van der Waals surface area contributed by atoms with Crippen LogP contribution in [0.4, 0.5) is 0 Å². The number of carbonyl (C=O) groups is 1. The lowest BCUT2D eigenvalue weighted by molar-refractivity contribution is -0.109. The molecule has 2 nitrogen and oxygen atoms in total. The number of halogens is 1. The first-order valence-electron chi connectivity index (χ1n) is 2.36. The van der Waals surface area contributed by atoms with Crippen molar-refractivity contribution in [1.29, 1.82) is 0 Å². The van der Waals surface area contributed by atoms with Crippen LogP contribution in [0.5, 0.6) is 0 Å². The molecule has 50 valence electrons. The molecule has 1 aromatic heterocycles. The molecule has 0 fully saturated rings. The maximum atomic E-state index is 9.21. The van der Waals surface area contributed by atoms with Gasteiger partial charge in [0.15, 0.2) is 0 Å². The van der Waals surface area contributed by atoms with Gasteiger partial charge in [0, 0.05) is 6.92 Å². The molecular formula is C6H7ClO2. The Labute approximate surface area is 58.4 Å². The summed E-state index contributed by atoms with van der Waals surface area (Å²) < 4.78 is 4.58. The molecule has 1 aromatic rings. The average molecular weight is 147 g/mol. The molecule has 0 aliphatic heterocycles. The third-order valence-corrected chi connectivity index (χ3v) is 0.425. The molecule has 9 heavy (non-hydrogen) atoms. The number of hydrogen-bond donors (Lipinski definition) is 0. The fourth-order valence-corrected chi connectivity index (χ4v) is 0.227. The van der Waals surface area contributed by atoms with Gasteiger partial charge >= 0.3 is 0 Å². The van der Waals surface area contributed by atoms with Gasteiger partial charge in [-0.05, 0) is 23.7 Å². The third kappa shape index (κ3) is 11.1. The van der Waals surface area contributed by atoms with Gasteiger partial charge in [0.05, 0.1) is 12.5 Å². The van der Waals surface area contributed by atoms with Crippen molar-refractivity contribution in [3.63, 3.8) is 0 Å². The van der Waals surface area contributed by atoms with Gasteiger partial charge in [-0.2, -0.15) is 0 Å². The normalized spacial score (nSPS) is 7.33. The molecule has 0 saturated heterocycles. The van der Waals surface area contributed by atoms with Crippen molar-refractivity contribution in [2.45, 2.75) is 6.92 Å². The van der Waals surface area contributed by atoms with E-state index >= 15 is 0 Å². The van der Waals surface area contributed by atoms with Crippen LogP contribution in [0.25, 0.3) is 0 Å². The minimum absolute atomic E-state index is 0.361. The molecule has 0 amide bonds. The average Bonchev–Trinajstić information content (AvgIpc) is 2.11. The topological polar surface area (TPSA) is 30.2 Å². The first kappa shape index (κ1) is 8.24. The Balaban J connectivity index is 0.000000148. The van der Waals surface area contributed by atoms with Crippen LogP contribution >= 0.6 is 11.6 Å². The van der Waals surface area contributed by atoms with E-state index in [1.165, 1.54) is 6.92 Å². The Hall–Kier alpha value is -0.760. The van der Waals surface area contributed by atoms with E-state index in [2.05, 4.69) is 16.0 Å². The molecule has 0 saturated carbocycles. The number of rotatable bonds is 0. The SMILES string of the molecule is CC(=O)Cl.c1ccoc1. The maximum Gasteiger partial charge on any atom is 0.218 e. The quantitative estimate of drug-likeness (QED) is 0.525. The summed E-state index contributed by atoms with van der Waals surface area (Å²) in [5.74, 6) is 0. The predicted molar refractivity (Wildman–Crippen MR) is 35.2 cm³/mol. The van der Waals surface area contributed by atoms with Gasteiger partial charge in [0.1, 0.15) is 0 Å². The minimum atomic E-state index is -0.361. The standard InChI is InChI=1S/C4H4O.C2H3ClO/c1-2-4-5-3-1;1-2(3)4/h1-4H;1H3. The van der Waals surface area contributed by atoms with Gasteiger partial charge < -0.3 is 4.42 Å². The van der Waals surface area contributed by atoms with Crippen molar-refractivity contribution in [1.82, 2.24) is 0 Å². The number of hydrogen-bond acceptors (Lipinski definition) is 2. The molecule has 3 heteroatoms. The third-order valence-electron chi connectivity index (χ3n) is 0.425. The number of furan rings is 1. The summed E-state index contributed by atoms with van der Waals surface area (Å²) in [4.78, 5) is 9.21. The van der Waals surface area contributed by atoms with E-state index in [-0.39, 0.29) is 5.24 Å². The molecule has 0 radical (unpaired) electrons. The van der Waals surface area contributed by atoms with E-state index in [1.807, 2.05) is 12.1 Å². The van der Waals surface area contributed by atoms with Crippen molar-refractivity contribution in [2.24, 2.45) is 0 Å². The Morgan fingerprint density at radius 3 is 1.89 bits per heavy atom. The maximum absolute atomic E-state index is 9.21. The molecule has 1 rings (SSSR count). The van der Waals surface area contributed by atoms with E-state index in [1.54, 1.807) is 12.5 Å². The van der Waals surface area contributed by atoms with Crippen molar-refractivity contribution in [3.05, 3.63) is 24.7 Å². The number of carbonyl (C=O) groups excluding carboxylic acids is 1. The van der Waals surface area contributed by atoms with Gasteiger partial charge in [0.2, 0.25) is 5.24 Å². The highest BCUT2D eigenvalue weighted by Gasteiger charge is 1.67. The van der Waals surface area contributed by atoms with Crippen LogP contribution in [-0.4, -0.2) is 5.24 Å². The van der Waals surface area contributed by atoms with Crippen LogP contribution in [0.15, 0.2) is 29.1 Å². The minimum Gasteiger partial charge on any atom is -0.473 e. The van der Waals surface area contributed by atoms with Crippen molar-refractivity contribution in [2.75, 3.05) is 0 Å². The fraction of sp³-hybridized carbons (Fsp3) is 0.167. The molecule has 0 aromatic carbocycles.